The van der Waals surface area contributed by atoms with Gasteiger partial charge in [0.25, 0.3) is 0 Å². The molecule has 3 rings (SSSR count). The molecule has 1 unspecified atom stereocenters. The fourth-order valence-electron chi connectivity index (χ4n) is 2.99. The van der Waals surface area contributed by atoms with Crippen LogP contribution in [0.5, 0.6) is 0 Å². The van der Waals surface area contributed by atoms with Gasteiger partial charge in [0.05, 0.1) is 5.71 Å². The molecule has 0 radical (unpaired) electrons. The largest absolute Gasteiger partial charge is 0.387 e. The van der Waals surface area contributed by atoms with E-state index in [1.807, 2.05) is 12.1 Å². The molecule has 1 saturated heterocycles. The van der Waals surface area contributed by atoms with Crippen LogP contribution in [0, 0.1) is 11.7 Å². The number of likely N-dealkylation sites (tertiary alicyclic amines) is 1. The maximum Gasteiger partial charge on any atom is 0.156 e. The van der Waals surface area contributed by atoms with Crippen LogP contribution < -0.4 is 0 Å². The standard InChI is InChI=1S/C16H21FN2O/c1-12(2)15-9-16(20-18-15)7-8-19(11-16)10-13-3-5-14(17)6-4-13/h3-6,12H,7-11H2,1-2H3. The van der Waals surface area contributed by atoms with Gasteiger partial charge in [0.15, 0.2) is 5.60 Å². The van der Waals surface area contributed by atoms with Crippen LogP contribution in [-0.4, -0.2) is 29.3 Å². The van der Waals surface area contributed by atoms with Gasteiger partial charge in [-0.3, -0.25) is 4.90 Å². The highest BCUT2D eigenvalue weighted by molar-refractivity contribution is 5.87. The molecule has 2 aliphatic rings. The Labute approximate surface area is 119 Å². The highest BCUT2D eigenvalue weighted by Gasteiger charge is 2.45. The summed E-state index contributed by atoms with van der Waals surface area (Å²) in [5.41, 5.74) is 2.21. The normalized spacial score (nSPS) is 26.3. The van der Waals surface area contributed by atoms with Crippen molar-refractivity contribution < 1.29 is 9.23 Å². The van der Waals surface area contributed by atoms with Crippen molar-refractivity contribution in [2.75, 3.05) is 13.1 Å². The van der Waals surface area contributed by atoms with E-state index in [0.29, 0.717) is 5.92 Å². The fourth-order valence-corrected chi connectivity index (χ4v) is 2.99. The van der Waals surface area contributed by atoms with Crippen LogP contribution in [0.4, 0.5) is 4.39 Å². The van der Waals surface area contributed by atoms with Crippen LogP contribution in [0.3, 0.4) is 0 Å². The maximum atomic E-state index is 12.9. The van der Waals surface area contributed by atoms with Gasteiger partial charge in [-0.05, 0) is 23.6 Å². The SMILES string of the molecule is CC(C)C1=NOC2(CCN(Cc3ccc(F)cc3)C2)C1. The van der Waals surface area contributed by atoms with Crippen LogP contribution in [0.25, 0.3) is 0 Å². The van der Waals surface area contributed by atoms with Crippen molar-refractivity contribution >= 4 is 5.71 Å². The molecule has 0 saturated carbocycles. The fraction of sp³-hybridized carbons (Fsp3) is 0.562. The second-order valence-electron chi connectivity index (χ2n) is 6.28. The summed E-state index contributed by atoms with van der Waals surface area (Å²) in [7, 11) is 0. The van der Waals surface area contributed by atoms with Gasteiger partial charge < -0.3 is 4.84 Å². The van der Waals surface area contributed by atoms with Gasteiger partial charge in [-0.1, -0.05) is 31.1 Å². The molecule has 108 valence electrons. The lowest BCUT2D eigenvalue weighted by Crippen LogP contribution is -2.33. The summed E-state index contributed by atoms with van der Waals surface area (Å²) >= 11 is 0. The van der Waals surface area contributed by atoms with E-state index in [1.165, 1.54) is 17.8 Å². The third-order valence-corrected chi connectivity index (χ3v) is 4.24. The molecule has 0 amide bonds. The molecule has 0 aromatic heterocycles. The topological polar surface area (TPSA) is 24.8 Å². The number of hydrogen-bond donors (Lipinski definition) is 0. The highest BCUT2D eigenvalue weighted by atomic mass is 19.1. The smallest absolute Gasteiger partial charge is 0.156 e. The number of rotatable bonds is 3. The second-order valence-corrected chi connectivity index (χ2v) is 6.28. The first-order valence-corrected chi connectivity index (χ1v) is 7.28. The zero-order valence-corrected chi connectivity index (χ0v) is 12.1. The van der Waals surface area contributed by atoms with E-state index in [-0.39, 0.29) is 11.4 Å². The average Bonchev–Trinajstić information content (AvgIpc) is 3.01. The Hall–Kier alpha value is -1.42. The van der Waals surface area contributed by atoms with Crippen LogP contribution in [0.2, 0.25) is 0 Å². The van der Waals surface area contributed by atoms with Crippen molar-refractivity contribution in [3.8, 4) is 0 Å². The molecule has 0 aliphatic carbocycles. The number of hydrogen-bond acceptors (Lipinski definition) is 3. The summed E-state index contributed by atoms with van der Waals surface area (Å²) in [5, 5.41) is 4.26. The molecule has 1 aromatic carbocycles. The van der Waals surface area contributed by atoms with E-state index >= 15 is 0 Å². The minimum Gasteiger partial charge on any atom is -0.387 e. The first-order valence-electron chi connectivity index (χ1n) is 7.28. The van der Waals surface area contributed by atoms with Gasteiger partial charge in [-0.25, -0.2) is 4.39 Å². The van der Waals surface area contributed by atoms with Crippen molar-refractivity contribution in [2.24, 2.45) is 11.1 Å². The van der Waals surface area contributed by atoms with Crippen molar-refractivity contribution in [3.05, 3.63) is 35.6 Å². The average molecular weight is 276 g/mol. The molecule has 20 heavy (non-hydrogen) atoms. The van der Waals surface area contributed by atoms with Gasteiger partial charge in [-0.2, -0.15) is 0 Å². The maximum absolute atomic E-state index is 12.9. The molecular formula is C16H21FN2O. The van der Waals surface area contributed by atoms with Gasteiger partial charge >= 0.3 is 0 Å². The molecule has 3 nitrogen and oxygen atoms in total. The summed E-state index contributed by atoms with van der Waals surface area (Å²) in [6, 6.07) is 6.75. The predicted octanol–water partition coefficient (Wildman–Crippen LogP) is 3.20. The molecule has 1 spiro atoms. The second kappa shape index (κ2) is 5.17. The molecule has 1 atom stereocenters. The lowest BCUT2D eigenvalue weighted by atomic mass is 9.92. The van der Waals surface area contributed by atoms with Crippen LogP contribution >= 0.6 is 0 Å². The van der Waals surface area contributed by atoms with E-state index in [4.69, 9.17) is 4.84 Å². The van der Waals surface area contributed by atoms with Gasteiger partial charge in [0, 0.05) is 32.5 Å². The van der Waals surface area contributed by atoms with E-state index < -0.39 is 0 Å². The summed E-state index contributed by atoms with van der Waals surface area (Å²) in [5.74, 6) is 0.279. The Morgan fingerprint density at radius 2 is 2.10 bits per heavy atom. The Morgan fingerprint density at radius 3 is 2.75 bits per heavy atom. The monoisotopic (exact) mass is 276 g/mol. The molecule has 0 bridgehead atoms. The number of benzene rings is 1. The molecule has 1 fully saturated rings. The molecule has 2 heterocycles. The van der Waals surface area contributed by atoms with E-state index in [1.54, 1.807) is 0 Å². The summed E-state index contributed by atoms with van der Waals surface area (Å²) in [4.78, 5) is 8.12. The Balaban J connectivity index is 1.59. The predicted molar refractivity (Wildman–Crippen MR) is 77.0 cm³/mol. The molecule has 0 N–H and O–H groups in total. The Kier molecular flexibility index (Phi) is 3.50. The zero-order valence-electron chi connectivity index (χ0n) is 12.1. The Bertz CT molecular complexity index is 512. The number of nitrogens with zero attached hydrogens (tertiary/aromatic N) is 2. The van der Waals surface area contributed by atoms with Crippen molar-refractivity contribution in [1.29, 1.82) is 0 Å². The van der Waals surface area contributed by atoms with Crippen LogP contribution in [0.15, 0.2) is 29.4 Å². The van der Waals surface area contributed by atoms with Crippen molar-refractivity contribution in [1.82, 2.24) is 4.90 Å². The highest BCUT2D eigenvalue weighted by Crippen LogP contribution is 2.35. The molecule has 1 aromatic rings. The van der Waals surface area contributed by atoms with Gasteiger partial charge in [-0.15, -0.1) is 0 Å². The molecule has 4 heteroatoms. The molecular weight excluding hydrogens is 255 g/mol. The zero-order chi connectivity index (χ0) is 14.2. The lowest BCUT2D eigenvalue weighted by molar-refractivity contribution is -0.0104. The Morgan fingerprint density at radius 1 is 1.35 bits per heavy atom. The number of halogens is 1. The van der Waals surface area contributed by atoms with Crippen molar-refractivity contribution in [2.45, 2.75) is 38.8 Å². The summed E-state index contributed by atoms with van der Waals surface area (Å²) < 4.78 is 12.9. The van der Waals surface area contributed by atoms with Crippen molar-refractivity contribution in [3.63, 3.8) is 0 Å². The van der Waals surface area contributed by atoms with E-state index in [2.05, 4.69) is 23.9 Å². The summed E-state index contributed by atoms with van der Waals surface area (Å²) in [6.45, 7) is 7.09. The minimum absolute atomic E-state index is 0.111. The third kappa shape index (κ3) is 2.70. The molecule has 2 aliphatic heterocycles. The van der Waals surface area contributed by atoms with Gasteiger partial charge in [0.2, 0.25) is 0 Å². The third-order valence-electron chi connectivity index (χ3n) is 4.24. The number of oxime groups is 1. The van der Waals surface area contributed by atoms with E-state index in [9.17, 15) is 4.39 Å². The first kappa shape index (κ1) is 13.6. The van der Waals surface area contributed by atoms with E-state index in [0.717, 1.165) is 38.0 Å². The lowest BCUT2D eigenvalue weighted by Gasteiger charge is -2.22. The first-order chi connectivity index (χ1) is 9.56. The van der Waals surface area contributed by atoms with Gasteiger partial charge in [0.1, 0.15) is 5.82 Å². The van der Waals surface area contributed by atoms with Crippen LogP contribution in [0.1, 0.15) is 32.3 Å². The minimum atomic E-state index is -0.180. The van der Waals surface area contributed by atoms with Crippen LogP contribution in [-0.2, 0) is 11.4 Å². The summed E-state index contributed by atoms with van der Waals surface area (Å²) in [6.07, 6.45) is 1.97. The quantitative estimate of drug-likeness (QED) is 0.847.